The van der Waals surface area contributed by atoms with E-state index in [0.717, 1.165) is 25.6 Å². The smallest absolute Gasteiger partial charge is 0.0587 e. The lowest BCUT2D eigenvalue weighted by atomic mass is 9.73. The fraction of sp³-hybridized carbons (Fsp3) is 0.667. The predicted octanol–water partition coefficient (Wildman–Crippen LogP) is 4.31. The molecule has 0 saturated heterocycles. The van der Waals surface area contributed by atoms with Crippen molar-refractivity contribution in [2.45, 2.75) is 43.9 Å². The Bertz CT molecular complexity index is 431. The molecule has 0 aliphatic carbocycles. The molecular weight excluding hydrogens is 278 g/mol. The molecule has 1 aliphatic rings. The third-order valence-electron chi connectivity index (χ3n) is 4.96. The van der Waals surface area contributed by atoms with Gasteiger partial charge in [0.05, 0.1) is 6.61 Å². The van der Waals surface area contributed by atoms with Crippen LogP contribution in [0.2, 0.25) is 0 Å². The van der Waals surface area contributed by atoms with Crippen molar-refractivity contribution in [2.75, 3.05) is 32.6 Å². The van der Waals surface area contributed by atoms with Crippen LogP contribution in [0.4, 0.5) is 0 Å². The third-order valence-corrected chi connectivity index (χ3v) is 6.21. The minimum absolute atomic E-state index is 0.413. The Kier molecular flexibility index (Phi) is 6.59. The van der Waals surface area contributed by atoms with Crippen molar-refractivity contribution in [2.24, 2.45) is 5.41 Å². The molecule has 1 heterocycles. The lowest BCUT2D eigenvalue weighted by molar-refractivity contribution is 0.178. The molecule has 2 rings (SSSR count). The van der Waals surface area contributed by atoms with Gasteiger partial charge in [-0.2, -0.15) is 0 Å². The number of thioether (sulfide) groups is 1. The molecular formula is C18H29NOS. The molecule has 21 heavy (non-hydrogen) atoms. The molecule has 3 heteroatoms. The summed E-state index contributed by atoms with van der Waals surface area (Å²) in [6, 6.07) is 8.95. The highest BCUT2D eigenvalue weighted by Gasteiger charge is 2.33. The van der Waals surface area contributed by atoms with Gasteiger partial charge in [0, 0.05) is 30.8 Å². The van der Waals surface area contributed by atoms with Gasteiger partial charge < -0.3 is 10.1 Å². The molecule has 1 unspecified atom stereocenters. The maximum absolute atomic E-state index is 5.14. The zero-order valence-corrected chi connectivity index (χ0v) is 14.5. The van der Waals surface area contributed by atoms with Crippen LogP contribution < -0.4 is 5.32 Å². The normalized spacial score (nSPS) is 18.0. The molecule has 0 fully saturated rings. The molecule has 1 N–H and O–H groups in total. The maximum atomic E-state index is 5.14. The van der Waals surface area contributed by atoms with Crippen LogP contribution in [0.15, 0.2) is 29.2 Å². The monoisotopic (exact) mass is 307 g/mol. The van der Waals surface area contributed by atoms with Crippen LogP contribution >= 0.6 is 11.8 Å². The number of hydrogen-bond acceptors (Lipinski definition) is 3. The van der Waals surface area contributed by atoms with Gasteiger partial charge >= 0.3 is 0 Å². The average molecular weight is 308 g/mol. The second kappa shape index (κ2) is 8.21. The number of methoxy groups -OCH3 is 1. The van der Waals surface area contributed by atoms with Gasteiger partial charge in [-0.1, -0.05) is 32.0 Å². The quantitative estimate of drug-likeness (QED) is 0.687. The number of benzene rings is 1. The summed E-state index contributed by atoms with van der Waals surface area (Å²) in [6.45, 7) is 7.54. The SMILES string of the molecule is CCC(CC)(CNCCOC)CC1CSc2ccccc21. The third kappa shape index (κ3) is 4.24. The predicted molar refractivity (Wildman–Crippen MR) is 92.3 cm³/mol. The van der Waals surface area contributed by atoms with Crippen LogP contribution in [-0.4, -0.2) is 32.6 Å². The van der Waals surface area contributed by atoms with E-state index in [2.05, 4.69) is 43.4 Å². The van der Waals surface area contributed by atoms with E-state index >= 15 is 0 Å². The molecule has 0 radical (unpaired) electrons. The van der Waals surface area contributed by atoms with Gasteiger partial charge in [-0.3, -0.25) is 0 Å². The van der Waals surface area contributed by atoms with E-state index in [1.54, 1.807) is 12.7 Å². The van der Waals surface area contributed by atoms with Crippen molar-refractivity contribution in [3.05, 3.63) is 29.8 Å². The van der Waals surface area contributed by atoms with Gasteiger partial charge in [-0.25, -0.2) is 0 Å². The second-order valence-electron chi connectivity index (χ2n) is 6.13. The lowest BCUT2D eigenvalue weighted by Gasteiger charge is -2.35. The summed E-state index contributed by atoms with van der Waals surface area (Å²) in [7, 11) is 1.77. The highest BCUT2D eigenvalue weighted by Crippen LogP contribution is 2.46. The summed E-state index contributed by atoms with van der Waals surface area (Å²) in [4.78, 5) is 1.50. The summed E-state index contributed by atoms with van der Waals surface area (Å²) in [5.74, 6) is 1.97. The Labute approximate surface area is 134 Å². The molecule has 0 bridgehead atoms. The maximum Gasteiger partial charge on any atom is 0.0587 e. The van der Waals surface area contributed by atoms with Crippen LogP contribution in [0.3, 0.4) is 0 Å². The van der Waals surface area contributed by atoms with Crippen molar-refractivity contribution in [3.63, 3.8) is 0 Å². The zero-order valence-electron chi connectivity index (χ0n) is 13.7. The molecule has 1 aliphatic heterocycles. The van der Waals surface area contributed by atoms with Crippen LogP contribution in [0.1, 0.15) is 44.6 Å². The topological polar surface area (TPSA) is 21.3 Å². The second-order valence-corrected chi connectivity index (χ2v) is 7.19. The summed E-state index contributed by atoms with van der Waals surface area (Å²) in [5.41, 5.74) is 1.99. The number of rotatable bonds is 9. The number of fused-ring (bicyclic) bond motifs is 1. The van der Waals surface area contributed by atoms with Crippen molar-refractivity contribution in [3.8, 4) is 0 Å². The Balaban J connectivity index is 1.99. The number of nitrogens with one attached hydrogen (secondary N) is 1. The summed E-state index contributed by atoms with van der Waals surface area (Å²) < 4.78 is 5.14. The first-order valence-electron chi connectivity index (χ1n) is 8.16. The van der Waals surface area contributed by atoms with Crippen molar-refractivity contribution >= 4 is 11.8 Å². The van der Waals surface area contributed by atoms with Gasteiger partial charge in [-0.05, 0) is 42.2 Å². The van der Waals surface area contributed by atoms with Gasteiger partial charge in [0.1, 0.15) is 0 Å². The molecule has 1 atom stereocenters. The highest BCUT2D eigenvalue weighted by molar-refractivity contribution is 7.99. The first kappa shape index (κ1) is 16.9. The van der Waals surface area contributed by atoms with Crippen LogP contribution in [0.5, 0.6) is 0 Å². The highest BCUT2D eigenvalue weighted by atomic mass is 32.2. The van der Waals surface area contributed by atoms with E-state index in [4.69, 9.17) is 4.74 Å². The first-order chi connectivity index (χ1) is 10.2. The van der Waals surface area contributed by atoms with Crippen molar-refractivity contribution < 1.29 is 4.74 Å². The van der Waals surface area contributed by atoms with Crippen LogP contribution in [-0.2, 0) is 4.74 Å². The van der Waals surface area contributed by atoms with Gasteiger partial charge in [0.25, 0.3) is 0 Å². The van der Waals surface area contributed by atoms with Crippen molar-refractivity contribution in [1.29, 1.82) is 0 Å². The summed E-state index contributed by atoms with van der Waals surface area (Å²) in [5, 5.41) is 3.60. The molecule has 1 aromatic rings. The van der Waals surface area contributed by atoms with E-state index in [0.29, 0.717) is 5.41 Å². The Morgan fingerprint density at radius 2 is 2.05 bits per heavy atom. The lowest BCUT2D eigenvalue weighted by Crippen LogP contribution is -2.36. The largest absolute Gasteiger partial charge is 0.383 e. The molecule has 1 aromatic carbocycles. The van der Waals surface area contributed by atoms with E-state index in [-0.39, 0.29) is 0 Å². The van der Waals surface area contributed by atoms with E-state index in [1.807, 2.05) is 11.8 Å². The minimum Gasteiger partial charge on any atom is -0.383 e. The Hall–Kier alpha value is -0.510. The molecule has 0 aromatic heterocycles. The van der Waals surface area contributed by atoms with Gasteiger partial charge in [-0.15, -0.1) is 11.8 Å². The number of hydrogen-bond donors (Lipinski definition) is 1. The van der Waals surface area contributed by atoms with E-state index < -0.39 is 0 Å². The Morgan fingerprint density at radius 3 is 2.76 bits per heavy atom. The fourth-order valence-electron chi connectivity index (χ4n) is 3.31. The molecule has 0 saturated carbocycles. The standard InChI is InChI=1S/C18H29NOS/c1-4-18(5-2,14-19-10-11-20-3)12-15-13-21-17-9-7-6-8-16(15)17/h6-9,15,19H,4-5,10-14H2,1-3H3. The average Bonchev–Trinajstić information content (AvgIpc) is 2.93. The molecule has 118 valence electrons. The van der Waals surface area contributed by atoms with Crippen LogP contribution in [0, 0.1) is 5.41 Å². The summed E-state index contributed by atoms with van der Waals surface area (Å²) >= 11 is 2.03. The fourth-order valence-corrected chi connectivity index (χ4v) is 4.56. The van der Waals surface area contributed by atoms with Crippen LogP contribution in [0.25, 0.3) is 0 Å². The molecule has 0 spiro atoms. The van der Waals surface area contributed by atoms with E-state index in [1.165, 1.54) is 29.9 Å². The summed E-state index contributed by atoms with van der Waals surface area (Å²) in [6.07, 6.45) is 3.78. The molecule has 2 nitrogen and oxygen atoms in total. The molecule has 0 amide bonds. The minimum atomic E-state index is 0.413. The Morgan fingerprint density at radius 1 is 1.29 bits per heavy atom. The van der Waals surface area contributed by atoms with E-state index in [9.17, 15) is 0 Å². The number of ether oxygens (including phenoxy) is 1. The van der Waals surface area contributed by atoms with Gasteiger partial charge in [0.15, 0.2) is 0 Å². The first-order valence-corrected chi connectivity index (χ1v) is 9.14. The van der Waals surface area contributed by atoms with Gasteiger partial charge in [0.2, 0.25) is 0 Å². The van der Waals surface area contributed by atoms with Crippen molar-refractivity contribution in [1.82, 2.24) is 5.32 Å². The zero-order chi connectivity index (χ0) is 15.1.